The molecule has 0 fully saturated rings. The molecule has 1 heterocycles. The van der Waals surface area contributed by atoms with Crippen molar-refractivity contribution >= 4 is 28.7 Å². The molecule has 0 bridgehead atoms. The average Bonchev–Trinajstić information content (AvgIpc) is 2.87. The summed E-state index contributed by atoms with van der Waals surface area (Å²) in [6.45, 7) is 0. The van der Waals surface area contributed by atoms with Crippen LogP contribution in [-0.4, -0.2) is 16.1 Å². The fourth-order valence-electron chi connectivity index (χ4n) is 2.31. The van der Waals surface area contributed by atoms with Gasteiger partial charge in [-0.1, -0.05) is 53.6 Å². The van der Waals surface area contributed by atoms with E-state index in [1.54, 1.807) is 6.08 Å². The van der Waals surface area contributed by atoms with E-state index in [-0.39, 0.29) is 5.88 Å². The third kappa shape index (κ3) is 3.11. The number of nitrogens with one attached hydrogen (secondary N) is 1. The summed E-state index contributed by atoms with van der Waals surface area (Å²) in [5, 5.41) is 18.3. The van der Waals surface area contributed by atoms with Crippen molar-refractivity contribution in [1.82, 2.24) is 4.98 Å². The number of nitrogens with two attached hydrogens (primary N) is 1. The molecule has 2 aromatic carbocycles. The van der Waals surface area contributed by atoms with Crippen LogP contribution in [0, 0.1) is 0 Å². The predicted octanol–water partition coefficient (Wildman–Crippen LogP) is 3.90. The summed E-state index contributed by atoms with van der Waals surface area (Å²) >= 11 is 0. The van der Waals surface area contributed by atoms with Crippen LogP contribution in [0.4, 0.5) is 4.79 Å². The van der Waals surface area contributed by atoms with Crippen LogP contribution in [-0.2, 0) is 0 Å². The highest BCUT2D eigenvalue weighted by Gasteiger charge is 2.10. The number of para-hydroxylation sites is 1. The van der Waals surface area contributed by atoms with Crippen molar-refractivity contribution in [3.8, 4) is 5.88 Å². The first-order valence-corrected chi connectivity index (χ1v) is 6.93. The predicted molar refractivity (Wildman–Crippen MR) is 88.7 cm³/mol. The van der Waals surface area contributed by atoms with E-state index in [4.69, 9.17) is 5.73 Å². The van der Waals surface area contributed by atoms with Crippen LogP contribution >= 0.6 is 0 Å². The van der Waals surface area contributed by atoms with Crippen LogP contribution in [0.1, 0.15) is 11.1 Å². The van der Waals surface area contributed by atoms with Gasteiger partial charge < -0.3 is 15.8 Å². The minimum absolute atomic E-state index is 0.0221. The summed E-state index contributed by atoms with van der Waals surface area (Å²) in [6.07, 6.45) is 1.66. The number of aromatic nitrogens is 1. The summed E-state index contributed by atoms with van der Waals surface area (Å²) in [4.78, 5) is 13.8. The lowest BCUT2D eigenvalue weighted by atomic mass is 10.1. The maximum absolute atomic E-state index is 10.9. The number of aromatic hydroxyl groups is 1. The Kier molecular flexibility index (Phi) is 3.88. The van der Waals surface area contributed by atoms with Crippen molar-refractivity contribution < 1.29 is 9.90 Å². The number of benzene rings is 2. The molecule has 0 aliphatic carbocycles. The number of fused-ring (bicyclic) bond motifs is 1. The standard InChI is InChI=1S/C17H14N4O2/c18-17(23)21-20-15(11-6-2-1-3-7-11)10-13-12-8-4-5-9-14(12)19-16(13)22/h1-10,19,22H,(H2,18,23)/b15-10-,21-20?. The zero-order valence-electron chi connectivity index (χ0n) is 12.1. The van der Waals surface area contributed by atoms with Gasteiger partial charge in [-0.2, -0.15) is 0 Å². The van der Waals surface area contributed by atoms with Gasteiger partial charge in [-0.3, -0.25) is 0 Å². The Morgan fingerprint density at radius 3 is 2.48 bits per heavy atom. The number of azo groups is 1. The summed E-state index contributed by atoms with van der Waals surface area (Å²) in [7, 11) is 0. The number of hydrogen-bond acceptors (Lipinski definition) is 3. The van der Waals surface area contributed by atoms with E-state index < -0.39 is 6.03 Å². The molecule has 2 amide bonds. The molecule has 4 N–H and O–H groups in total. The molecular formula is C17H14N4O2. The maximum atomic E-state index is 10.9. The fraction of sp³-hybridized carbons (Fsp3) is 0. The molecule has 1 aromatic heterocycles. The molecule has 23 heavy (non-hydrogen) atoms. The fourth-order valence-corrected chi connectivity index (χ4v) is 2.31. The zero-order chi connectivity index (χ0) is 16.2. The molecule has 0 spiro atoms. The quantitative estimate of drug-likeness (QED) is 0.639. The number of carbonyl (C=O) groups excluding carboxylic acids is 1. The first kappa shape index (κ1) is 14.5. The number of aromatic amines is 1. The largest absolute Gasteiger partial charge is 0.494 e. The summed E-state index contributed by atoms with van der Waals surface area (Å²) in [5.74, 6) is 0.0221. The van der Waals surface area contributed by atoms with Crippen molar-refractivity contribution in [2.24, 2.45) is 16.0 Å². The van der Waals surface area contributed by atoms with Crippen LogP contribution in [0.2, 0.25) is 0 Å². The highest BCUT2D eigenvalue weighted by Crippen LogP contribution is 2.31. The molecule has 0 radical (unpaired) electrons. The molecule has 6 heteroatoms. The normalized spacial score (nSPS) is 12.1. The van der Waals surface area contributed by atoms with Gasteiger partial charge in [0.2, 0.25) is 0 Å². The number of H-pyrrole nitrogens is 1. The van der Waals surface area contributed by atoms with Gasteiger partial charge in [0, 0.05) is 22.0 Å². The van der Waals surface area contributed by atoms with Crippen LogP contribution in [0.25, 0.3) is 22.7 Å². The first-order valence-electron chi connectivity index (χ1n) is 6.93. The Balaban J connectivity index is 2.17. The van der Waals surface area contributed by atoms with E-state index in [0.29, 0.717) is 11.3 Å². The van der Waals surface area contributed by atoms with Crippen molar-refractivity contribution in [1.29, 1.82) is 0 Å². The Hall–Kier alpha value is -3.41. The van der Waals surface area contributed by atoms with Crippen LogP contribution in [0.3, 0.4) is 0 Å². The van der Waals surface area contributed by atoms with Gasteiger partial charge in [-0.05, 0) is 12.1 Å². The van der Waals surface area contributed by atoms with E-state index in [2.05, 4.69) is 15.2 Å². The van der Waals surface area contributed by atoms with Crippen molar-refractivity contribution in [3.63, 3.8) is 0 Å². The molecule has 6 nitrogen and oxygen atoms in total. The van der Waals surface area contributed by atoms with Crippen LogP contribution in [0.5, 0.6) is 5.88 Å². The van der Waals surface area contributed by atoms with Crippen molar-refractivity contribution in [2.75, 3.05) is 0 Å². The van der Waals surface area contributed by atoms with Crippen LogP contribution in [0.15, 0.2) is 64.8 Å². The second-order valence-corrected chi connectivity index (χ2v) is 4.87. The highest BCUT2D eigenvalue weighted by atomic mass is 16.3. The third-order valence-corrected chi connectivity index (χ3v) is 3.33. The van der Waals surface area contributed by atoms with Gasteiger partial charge in [-0.15, -0.1) is 5.11 Å². The van der Waals surface area contributed by atoms with Crippen molar-refractivity contribution in [3.05, 3.63) is 65.7 Å². The SMILES string of the molecule is NC(=O)N=N/C(=C\c1c(O)[nH]c2ccccc12)c1ccccc1. The lowest BCUT2D eigenvalue weighted by Crippen LogP contribution is -2.02. The molecule has 0 atom stereocenters. The molecule has 0 aliphatic heterocycles. The topological polar surface area (TPSA) is 104 Å². The van der Waals surface area contributed by atoms with Gasteiger partial charge in [0.1, 0.15) is 0 Å². The number of primary amides is 1. The molecule has 0 unspecified atom stereocenters. The average molecular weight is 306 g/mol. The second-order valence-electron chi connectivity index (χ2n) is 4.87. The Bertz CT molecular complexity index is 911. The minimum Gasteiger partial charge on any atom is -0.494 e. The number of carbonyl (C=O) groups is 1. The van der Waals surface area contributed by atoms with E-state index in [1.165, 1.54) is 0 Å². The van der Waals surface area contributed by atoms with Crippen LogP contribution < -0.4 is 5.73 Å². The van der Waals surface area contributed by atoms with E-state index in [9.17, 15) is 9.90 Å². The van der Waals surface area contributed by atoms with Gasteiger partial charge in [0.25, 0.3) is 0 Å². The lowest BCUT2D eigenvalue weighted by Gasteiger charge is -2.01. The molecule has 0 aliphatic rings. The number of rotatable bonds is 3. The molecule has 3 rings (SSSR count). The molecule has 0 saturated carbocycles. The van der Waals surface area contributed by atoms with Gasteiger partial charge in [0.05, 0.1) is 5.70 Å². The van der Waals surface area contributed by atoms with Gasteiger partial charge >= 0.3 is 6.03 Å². The van der Waals surface area contributed by atoms with Crippen molar-refractivity contribution in [2.45, 2.75) is 0 Å². The van der Waals surface area contributed by atoms with E-state index >= 15 is 0 Å². The van der Waals surface area contributed by atoms with E-state index in [1.807, 2.05) is 54.6 Å². The number of hydrogen-bond donors (Lipinski definition) is 3. The molecular weight excluding hydrogens is 292 g/mol. The monoisotopic (exact) mass is 306 g/mol. The molecule has 3 aromatic rings. The highest BCUT2D eigenvalue weighted by molar-refractivity contribution is 5.96. The summed E-state index contributed by atoms with van der Waals surface area (Å²) in [5.41, 5.74) is 7.58. The van der Waals surface area contributed by atoms with Gasteiger partial charge in [-0.25, -0.2) is 4.79 Å². The minimum atomic E-state index is -0.880. The smallest absolute Gasteiger partial charge is 0.356 e. The van der Waals surface area contributed by atoms with Gasteiger partial charge in [0.15, 0.2) is 5.88 Å². The Labute approximate surface area is 132 Å². The number of nitrogens with zero attached hydrogens (tertiary/aromatic N) is 2. The number of urea groups is 1. The Morgan fingerprint density at radius 2 is 1.74 bits per heavy atom. The summed E-state index contributed by atoms with van der Waals surface area (Å²) < 4.78 is 0. The number of amides is 2. The maximum Gasteiger partial charge on any atom is 0.356 e. The lowest BCUT2D eigenvalue weighted by molar-refractivity contribution is 0.255. The summed E-state index contributed by atoms with van der Waals surface area (Å²) in [6, 6.07) is 15.8. The molecule has 0 saturated heterocycles. The third-order valence-electron chi connectivity index (χ3n) is 3.33. The second kappa shape index (κ2) is 6.15. The zero-order valence-corrected chi connectivity index (χ0v) is 12.1. The Morgan fingerprint density at radius 1 is 1.04 bits per heavy atom. The van der Waals surface area contributed by atoms with E-state index in [0.717, 1.165) is 16.5 Å². The first-order chi connectivity index (χ1) is 11.1. The molecule has 114 valence electrons.